The molecule has 0 aliphatic heterocycles. The van der Waals surface area contributed by atoms with Crippen molar-refractivity contribution in [3.63, 3.8) is 0 Å². The van der Waals surface area contributed by atoms with E-state index >= 15 is 0 Å². The van der Waals surface area contributed by atoms with Crippen LogP contribution in [-0.2, 0) is 19.4 Å². The summed E-state index contributed by atoms with van der Waals surface area (Å²) in [5, 5.41) is 8.94. The first-order valence-corrected chi connectivity index (χ1v) is 15.4. The third-order valence-electron chi connectivity index (χ3n) is 7.04. The molecule has 0 spiro atoms. The molecule has 210 valence electrons. The molecule has 38 heavy (non-hydrogen) atoms. The van der Waals surface area contributed by atoms with Crippen LogP contribution in [-0.4, -0.2) is 52.7 Å². The zero-order chi connectivity index (χ0) is 28.0. The van der Waals surface area contributed by atoms with Gasteiger partial charge in [-0.3, -0.25) is 9.59 Å². The second-order valence-electron chi connectivity index (χ2n) is 10.1. The van der Waals surface area contributed by atoms with E-state index in [1.165, 1.54) is 5.56 Å². The third-order valence-corrected chi connectivity index (χ3v) is 8.77. The minimum Gasteiger partial charge on any atom is -0.359 e. The maximum absolute atomic E-state index is 12.7. The van der Waals surface area contributed by atoms with Crippen LogP contribution < -0.4 is 16.0 Å². The van der Waals surface area contributed by atoms with Crippen molar-refractivity contribution in [2.24, 2.45) is 11.8 Å². The van der Waals surface area contributed by atoms with Crippen molar-refractivity contribution >= 4 is 21.7 Å². The van der Waals surface area contributed by atoms with Crippen molar-refractivity contribution < 1.29 is 18.0 Å². The van der Waals surface area contributed by atoms with Crippen molar-refractivity contribution in [2.75, 3.05) is 32.4 Å². The number of nitrogens with one attached hydrogen (secondary N) is 3. The maximum atomic E-state index is 12.7. The molecule has 3 atom stereocenters. The van der Waals surface area contributed by atoms with E-state index in [1.807, 2.05) is 32.0 Å². The second-order valence-corrected chi connectivity index (χ2v) is 12.2. The largest absolute Gasteiger partial charge is 0.359 e. The normalized spacial score (nSPS) is 13.9. The Labute approximate surface area is 229 Å². The Balaban J connectivity index is 1.69. The van der Waals surface area contributed by atoms with Gasteiger partial charge in [0.1, 0.15) is 0 Å². The van der Waals surface area contributed by atoms with Gasteiger partial charge >= 0.3 is 0 Å². The molecule has 7 nitrogen and oxygen atoms in total. The first-order chi connectivity index (χ1) is 18.2. The molecule has 0 saturated carbocycles. The summed E-state index contributed by atoms with van der Waals surface area (Å²) in [6.07, 6.45) is 3.77. The van der Waals surface area contributed by atoms with Crippen molar-refractivity contribution in [3.8, 4) is 0 Å². The highest BCUT2D eigenvalue weighted by Gasteiger charge is 2.27. The van der Waals surface area contributed by atoms with Gasteiger partial charge in [-0.15, -0.1) is 0 Å². The Bertz CT molecular complexity index is 1090. The lowest BCUT2D eigenvalue weighted by atomic mass is 9.82. The lowest BCUT2D eigenvalue weighted by molar-refractivity contribution is -0.128. The molecule has 3 N–H and O–H groups in total. The van der Waals surface area contributed by atoms with E-state index in [2.05, 4.69) is 35.0 Å². The van der Waals surface area contributed by atoms with Crippen LogP contribution in [0.2, 0.25) is 0 Å². The number of sulfone groups is 1. The molecular formula is C30H45N3O4S. The van der Waals surface area contributed by atoms with Crippen LogP contribution in [0.15, 0.2) is 59.5 Å². The molecule has 0 fully saturated rings. The smallest absolute Gasteiger partial charge is 0.222 e. The van der Waals surface area contributed by atoms with Gasteiger partial charge in [-0.25, -0.2) is 8.42 Å². The summed E-state index contributed by atoms with van der Waals surface area (Å²) in [5.41, 5.74) is 2.25. The molecule has 2 aromatic rings. The molecule has 0 aromatic heterocycles. The summed E-state index contributed by atoms with van der Waals surface area (Å²) in [6, 6.07) is 17.1. The van der Waals surface area contributed by atoms with E-state index in [4.69, 9.17) is 0 Å². The predicted octanol–water partition coefficient (Wildman–Crippen LogP) is 4.23. The number of unbranched alkanes of at least 4 members (excludes halogenated alkanes) is 1. The Morgan fingerprint density at radius 2 is 1.53 bits per heavy atom. The monoisotopic (exact) mass is 543 g/mol. The molecule has 0 saturated heterocycles. The Morgan fingerprint density at radius 1 is 0.868 bits per heavy atom. The average Bonchev–Trinajstić information content (AvgIpc) is 2.92. The van der Waals surface area contributed by atoms with Crippen LogP contribution >= 0.6 is 0 Å². The number of carbonyl (C=O) groups excluding carboxylic acids is 2. The topological polar surface area (TPSA) is 104 Å². The van der Waals surface area contributed by atoms with E-state index in [1.54, 1.807) is 31.3 Å². The number of hydrogen-bond acceptors (Lipinski definition) is 5. The van der Waals surface area contributed by atoms with Crippen LogP contribution in [0.4, 0.5) is 0 Å². The highest BCUT2D eigenvalue weighted by Crippen LogP contribution is 2.30. The molecule has 2 amide bonds. The first-order valence-electron chi connectivity index (χ1n) is 13.7. The van der Waals surface area contributed by atoms with E-state index in [-0.39, 0.29) is 35.3 Å². The number of benzene rings is 2. The van der Waals surface area contributed by atoms with Crippen LogP contribution in [0, 0.1) is 18.8 Å². The number of amides is 2. The van der Waals surface area contributed by atoms with Gasteiger partial charge in [0.15, 0.2) is 9.84 Å². The third kappa shape index (κ3) is 10.6. The van der Waals surface area contributed by atoms with E-state index in [0.29, 0.717) is 37.4 Å². The number of aryl methyl sites for hydroxylation is 1. The highest BCUT2D eigenvalue weighted by atomic mass is 32.2. The van der Waals surface area contributed by atoms with Gasteiger partial charge in [0.2, 0.25) is 11.8 Å². The van der Waals surface area contributed by atoms with Gasteiger partial charge < -0.3 is 16.0 Å². The number of rotatable bonds is 17. The Kier molecular flexibility index (Phi) is 13.5. The lowest BCUT2D eigenvalue weighted by Crippen LogP contribution is -2.35. The van der Waals surface area contributed by atoms with Crippen molar-refractivity contribution in [1.82, 2.24) is 16.0 Å². The van der Waals surface area contributed by atoms with Gasteiger partial charge in [0, 0.05) is 32.0 Å². The summed E-state index contributed by atoms with van der Waals surface area (Å²) >= 11 is 0. The van der Waals surface area contributed by atoms with Gasteiger partial charge in [0.05, 0.1) is 10.6 Å². The van der Waals surface area contributed by atoms with Gasteiger partial charge in [0.25, 0.3) is 0 Å². The van der Waals surface area contributed by atoms with Crippen molar-refractivity contribution in [2.45, 2.75) is 63.7 Å². The van der Waals surface area contributed by atoms with Crippen molar-refractivity contribution in [3.05, 3.63) is 65.7 Å². The summed E-state index contributed by atoms with van der Waals surface area (Å²) in [6.45, 7) is 7.57. The van der Waals surface area contributed by atoms with Gasteiger partial charge in [-0.2, -0.15) is 0 Å². The van der Waals surface area contributed by atoms with Crippen LogP contribution in [0.25, 0.3) is 0 Å². The molecule has 0 aliphatic rings. The second kappa shape index (κ2) is 16.3. The summed E-state index contributed by atoms with van der Waals surface area (Å²) < 4.78 is 24.8. The number of hydrogen-bond donors (Lipinski definition) is 3. The minimum absolute atomic E-state index is 0.0190. The lowest BCUT2D eigenvalue weighted by Gasteiger charge is -2.24. The SMILES string of the molecule is CCC(CC(CC(C)C(=O)NCCCCNCCS(=O)(=O)c1ccc(C)cc1)C(=O)NC)c1ccccc1. The highest BCUT2D eigenvalue weighted by molar-refractivity contribution is 7.91. The van der Waals surface area contributed by atoms with Crippen LogP contribution in [0.5, 0.6) is 0 Å². The van der Waals surface area contributed by atoms with Gasteiger partial charge in [-0.1, -0.05) is 61.9 Å². The number of carbonyl (C=O) groups is 2. The molecule has 0 heterocycles. The zero-order valence-electron chi connectivity index (χ0n) is 23.3. The predicted molar refractivity (Wildman–Crippen MR) is 154 cm³/mol. The summed E-state index contributed by atoms with van der Waals surface area (Å²) in [4.78, 5) is 25.7. The fraction of sp³-hybridized carbons (Fsp3) is 0.533. The van der Waals surface area contributed by atoms with Crippen molar-refractivity contribution in [1.29, 1.82) is 0 Å². The zero-order valence-corrected chi connectivity index (χ0v) is 24.1. The standard InChI is InChI=1S/C30H45N3O4S/c1-5-25(26-11-7-6-8-12-26)22-27(30(35)31-4)21-24(3)29(34)33-18-10-9-17-32-19-20-38(36,37)28-15-13-23(2)14-16-28/h6-8,11-16,24-25,27,32H,5,9-10,17-22H2,1-4H3,(H,31,35)(H,33,34). The van der Waals surface area contributed by atoms with Crippen LogP contribution in [0.1, 0.15) is 63.0 Å². The Hall–Kier alpha value is -2.71. The first kappa shape index (κ1) is 31.5. The summed E-state index contributed by atoms with van der Waals surface area (Å²) in [7, 11) is -1.64. The fourth-order valence-corrected chi connectivity index (χ4v) is 5.81. The molecule has 0 radical (unpaired) electrons. The molecule has 2 rings (SSSR count). The molecule has 0 bridgehead atoms. The molecule has 0 aliphatic carbocycles. The molecule has 3 unspecified atom stereocenters. The summed E-state index contributed by atoms with van der Waals surface area (Å²) in [5.74, 6) is -0.228. The Morgan fingerprint density at radius 3 is 2.16 bits per heavy atom. The molecular weight excluding hydrogens is 498 g/mol. The minimum atomic E-state index is -3.29. The van der Waals surface area contributed by atoms with E-state index in [0.717, 1.165) is 24.8 Å². The quantitative estimate of drug-likeness (QED) is 0.259. The van der Waals surface area contributed by atoms with Crippen LogP contribution in [0.3, 0.4) is 0 Å². The molecule has 8 heteroatoms. The fourth-order valence-electron chi connectivity index (χ4n) is 4.61. The average molecular weight is 544 g/mol. The molecule has 2 aromatic carbocycles. The van der Waals surface area contributed by atoms with E-state index in [9.17, 15) is 18.0 Å². The maximum Gasteiger partial charge on any atom is 0.222 e. The van der Waals surface area contributed by atoms with E-state index < -0.39 is 9.84 Å². The van der Waals surface area contributed by atoms with Gasteiger partial charge in [-0.05, 0) is 69.2 Å².